The molecule has 12 nitrogen and oxygen atoms in total. The Bertz CT molecular complexity index is 1250. The predicted octanol–water partition coefficient (Wildman–Crippen LogP) is 2.47. The van der Waals surface area contributed by atoms with E-state index in [1.165, 1.54) is 25.7 Å². The highest BCUT2D eigenvalue weighted by Crippen LogP contribution is 2.71. The summed E-state index contributed by atoms with van der Waals surface area (Å²) < 4.78 is 37.1. The van der Waals surface area contributed by atoms with Crippen LogP contribution >= 0.6 is 0 Å². The van der Waals surface area contributed by atoms with Crippen LogP contribution in [0.4, 0.5) is 0 Å². The molecule has 4 aliphatic heterocycles. The van der Waals surface area contributed by atoms with E-state index in [1.807, 2.05) is 0 Å². The van der Waals surface area contributed by atoms with Crippen molar-refractivity contribution in [3.8, 4) is 0 Å². The molecule has 4 saturated carbocycles. The van der Waals surface area contributed by atoms with Crippen molar-refractivity contribution in [1.82, 2.24) is 0 Å². The number of rotatable bonds is 5. The molecule has 4 saturated heterocycles. The Labute approximate surface area is 302 Å². The van der Waals surface area contributed by atoms with Gasteiger partial charge in [0.1, 0.15) is 42.7 Å². The molecule has 0 aromatic carbocycles. The molecule has 8 aliphatic rings. The summed E-state index contributed by atoms with van der Waals surface area (Å²) in [5, 5.41) is 62.8. The number of aliphatic hydroxyl groups excluding tert-OH is 6. The maximum atomic E-state index is 10.9. The highest BCUT2D eigenvalue weighted by atomic mass is 16.7. The smallest absolute Gasteiger partial charge is 0.186 e. The van der Waals surface area contributed by atoms with Crippen molar-refractivity contribution in [2.24, 2.45) is 52.3 Å². The minimum Gasteiger partial charge on any atom is -0.388 e. The first-order valence-corrected chi connectivity index (χ1v) is 20.1. The fourth-order valence-corrected chi connectivity index (χ4v) is 13.1. The standard InChI is InChI=1S/C39H64O12/c1-18-8-13-39(47-16-18)19(2)28-26(51-39)15-25-23-7-6-21-14-22(9-11-37(21,4)24(23)10-12-38(25,28)5)49-36-34(45)32(43)30(41)27(50-36)17-46-35-33(44)31(42)29(40)20(3)48-35/h18-36,40-45H,6-17H2,1-5H3. The van der Waals surface area contributed by atoms with Gasteiger partial charge < -0.3 is 59.1 Å². The molecule has 4 aliphatic carbocycles. The van der Waals surface area contributed by atoms with Gasteiger partial charge in [0.15, 0.2) is 18.4 Å². The Hall–Kier alpha value is -0.480. The molecule has 6 N–H and O–H groups in total. The Balaban J connectivity index is 0.889. The van der Waals surface area contributed by atoms with Crippen molar-refractivity contribution in [3.05, 3.63) is 0 Å². The second kappa shape index (κ2) is 13.6. The molecule has 12 heteroatoms. The summed E-state index contributed by atoms with van der Waals surface area (Å²) in [6.45, 7) is 11.9. The molecule has 8 rings (SSSR count). The average Bonchev–Trinajstić information content (AvgIpc) is 3.56. The first kappa shape index (κ1) is 37.4. The van der Waals surface area contributed by atoms with Gasteiger partial charge in [0.05, 0.1) is 31.5 Å². The summed E-state index contributed by atoms with van der Waals surface area (Å²) in [4.78, 5) is 0. The van der Waals surface area contributed by atoms with Gasteiger partial charge in [-0.2, -0.15) is 0 Å². The van der Waals surface area contributed by atoms with Crippen molar-refractivity contribution in [3.63, 3.8) is 0 Å². The summed E-state index contributed by atoms with van der Waals surface area (Å²) in [7, 11) is 0. The normalized spacial score (nSPS) is 59.9. The SMILES string of the molecule is CC1CCC2(OC1)OC1CC3C4CCC5CC(OC6OC(COC7OC(C)C(O)C(O)C7O)C(O)C(O)C6O)CCC5(C)C4CCC3(C)C1C2C. The van der Waals surface area contributed by atoms with Crippen LogP contribution in [-0.4, -0.2) is 123 Å². The summed E-state index contributed by atoms with van der Waals surface area (Å²) in [6, 6.07) is 0. The van der Waals surface area contributed by atoms with Crippen LogP contribution in [0.1, 0.15) is 98.8 Å². The van der Waals surface area contributed by atoms with Gasteiger partial charge in [0.25, 0.3) is 0 Å². The Morgan fingerprint density at radius 2 is 1.41 bits per heavy atom. The van der Waals surface area contributed by atoms with E-state index in [2.05, 4.69) is 27.7 Å². The second-order valence-electron chi connectivity index (χ2n) is 18.7. The van der Waals surface area contributed by atoms with Gasteiger partial charge in [0, 0.05) is 12.3 Å². The highest BCUT2D eigenvalue weighted by Gasteiger charge is 2.69. The number of ether oxygens (including phenoxy) is 6. The van der Waals surface area contributed by atoms with Gasteiger partial charge in [0.2, 0.25) is 0 Å². The van der Waals surface area contributed by atoms with Crippen molar-refractivity contribution >= 4 is 0 Å². The van der Waals surface area contributed by atoms with Crippen LogP contribution < -0.4 is 0 Å². The molecule has 0 bridgehead atoms. The van der Waals surface area contributed by atoms with E-state index in [0.29, 0.717) is 47.5 Å². The van der Waals surface area contributed by atoms with Gasteiger partial charge in [-0.05, 0) is 111 Å². The molecular formula is C39H64O12. The topological polar surface area (TPSA) is 177 Å². The van der Waals surface area contributed by atoms with Gasteiger partial charge in [-0.1, -0.05) is 27.7 Å². The van der Waals surface area contributed by atoms with Crippen LogP contribution in [0.25, 0.3) is 0 Å². The molecule has 51 heavy (non-hydrogen) atoms. The fourth-order valence-electron chi connectivity index (χ4n) is 13.1. The summed E-state index contributed by atoms with van der Waals surface area (Å²) in [6.07, 6.45) is -1.92. The Morgan fingerprint density at radius 3 is 2.16 bits per heavy atom. The van der Waals surface area contributed by atoms with Crippen molar-refractivity contribution in [1.29, 1.82) is 0 Å². The Morgan fingerprint density at radius 1 is 0.686 bits per heavy atom. The molecule has 292 valence electrons. The maximum absolute atomic E-state index is 10.9. The molecule has 0 amide bonds. The lowest BCUT2D eigenvalue weighted by atomic mass is 9.44. The average molecular weight is 725 g/mol. The quantitative estimate of drug-likeness (QED) is 0.229. The number of hydrogen-bond acceptors (Lipinski definition) is 12. The third kappa shape index (κ3) is 6.00. The van der Waals surface area contributed by atoms with Crippen LogP contribution in [0.15, 0.2) is 0 Å². The van der Waals surface area contributed by atoms with Crippen LogP contribution in [0.3, 0.4) is 0 Å². The number of fused-ring (bicyclic) bond motifs is 7. The first-order chi connectivity index (χ1) is 24.2. The zero-order valence-corrected chi connectivity index (χ0v) is 31.1. The van der Waals surface area contributed by atoms with Crippen molar-refractivity contribution in [2.45, 2.75) is 178 Å². The van der Waals surface area contributed by atoms with Crippen molar-refractivity contribution < 1.29 is 59.1 Å². The third-order valence-electron chi connectivity index (χ3n) is 16.1. The molecule has 0 radical (unpaired) electrons. The monoisotopic (exact) mass is 724 g/mol. The van der Waals surface area contributed by atoms with Crippen LogP contribution in [0.5, 0.6) is 0 Å². The molecule has 22 unspecified atom stereocenters. The van der Waals surface area contributed by atoms with E-state index in [9.17, 15) is 30.6 Å². The van der Waals surface area contributed by atoms with E-state index in [0.717, 1.165) is 45.1 Å². The zero-order valence-electron chi connectivity index (χ0n) is 31.1. The van der Waals surface area contributed by atoms with Gasteiger partial charge in [-0.3, -0.25) is 0 Å². The lowest BCUT2D eigenvalue weighted by Crippen LogP contribution is -2.61. The minimum absolute atomic E-state index is 0.160. The lowest BCUT2D eigenvalue weighted by molar-refractivity contribution is -0.336. The molecule has 0 aromatic heterocycles. The van der Waals surface area contributed by atoms with Crippen LogP contribution in [0.2, 0.25) is 0 Å². The minimum atomic E-state index is -1.53. The largest absolute Gasteiger partial charge is 0.388 e. The predicted molar refractivity (Wildman–Crippen MR) is 182 cm³/mol. The van der Waals surface area contributed by atoms with E-state index in [4.69, 9.17) is 28.4 Å². The van der Waals surface area contributed by atoms with E-state index < -0.39 is 61.4 Å². The molecule has 22 atom stereocenters. The fraction of sp³-hybridized carbons (Fsp3) is 1.00. The van der Waals surface area contributed by atoms with Crippen molar-refractivity contribution in [2.75, 3.05) is 13.2 Å². The summed E-state index contributed by atoms with van der Waals surface area (Å²) in [5.74, 6) is 3.73. The second-order valence-corrected chi connectivity index (χ2v) is 18.7. The summed E-state index contributed by atoms with van der Waals surface area (Å²) in [5.41, 5.74) is 0.498. The van der Waals surface area contributed by atoms with E-state index in [1.54, 1.807) is 6.92 Å². The van der Waals surface area contributed by atoms with E-state index >= 15 is 0 Å². The molecule has 1 spiro atoms. The van der Waals surface area contributed by atoms with E-state index in [-0.39, 0.29) is 29.3 Å². The van der Waals surface area contributed by atoms with Crippen LogP contribution in [0, 0.1) is 52.3 Å². The molecule has 0 aromatic rings. The third-order valence-corrected chi connectivity index (χ3v) is 16.1. The van der Waals surface area contributed by atoms with Crippen LogP contribution in [-0.2, 0) is 28.4 Å². The maximum Gasteiger partial charge on any atom is 0.186 e. The molecular weight excluding hydrogens is 660 g/mol. The molecule has 8 fully saturated rings. The number of aliphatic hydroxyl groups is 6. The Kier molecular flexibility index (Phi) is 10.00. The van der Waals surface area contributed by atoms with Gasteiger partial charge in [-0.25, -0.2) is 0 Å². The van der Waals surface area contributed by atoms with Gasteiger partial charge in [-0.15, -0.1) is 0 Å². The van der Waals surface area contributed by atoms with Gasteiger partial charge >= 0.3 is 0 Å². The summed E-state index contributed by atoms with van der Waals surface area (Å²) >= 11 is 0. The highest BCUT2D eigenvalue weighted by molar-refractivity contribution is 5.15. The lowest BCUT2D eigenvalue weighted by Gasteiger charge is -2.61. The molecule has 4 heterocycles. The zero-order chi connectivity index (χ0) is 36.2. The first-order valence-electron chi connectivity index (χ1n) is 20.1. The number of hydrogen-bond donors (Lipinski definition) is 6.